The molecule has 25 heavy (non-hydrogen) atoms. The van der Waals surface area contributed by atoms with Crippen molar-refractivity contribution in [3.63, 3.8) is 0 Å². The van der Waals surface area contributed by atoms with Gasteiger partial charge in [0.25, 0.3) is 5.56 Å². The largest absolute Gasteiger partial charge is 0.338 e. The van der Waals surface area contributed by atoms with Crippen LogP contribution >= 0.6 is 0 Å². The van der Waals surface area contributed by atoms with E-state index >= 15 is 0 Å². The minimum absolute atomic E-state index is 0.0514. The fraction of sp³-hybridized carbons (Fsp3) is 0.421. The van der Waals surface area contributed by atoms with Crippen LogP contribution in [0.25, 0.3) is 0 Å². The molecule has 0 saturated heterocycles. The number of aryl methyl sites for hydroxylation is 3. The number of nitrogens with zero attached hydrogens (tertiary/aromatic N) is 2. The van der Waals surface area contributed by atoms with E-state index in [0.29, 0.717) is 13.0 Å². The highest BCUT2D eigenvalue weighted by Crippen LogP contribution is 2.17. The average Bonchev–Trinajstić information content (AvgIpc) is 2.61. The van der Waals surface area contributed by atoms with E-state index in [0.717, 1.165) is 36.9 Å². The summed E-state index contributed by atoms with van der Waals surface area (Å²) in [7, 11) is 1.66. The van der Waals surface area contributed by atoms with Crippen molar-refractivity contribution < 1.29 is 4.79 Å². The van der Waals surface area contributed by atoms with Crippen LogP contribution in [-0.2, 0) is 26.3 Å². The van der Waals surface area contributed by atoms with Gasteiger partial charge < -0.3 is 10.6 Å². The van der Waals surface area contributed by atoms with Crippen LogP contribution in [0.15, 0.2) is 41.2 Å². The van der Waals surface area contributed by atoms with Gasteiger partial charge >= 0.3 is 6.03 Å². The Hall–Kier alpha value is -2.63. The molecule has 2 aromatic rings. The molecule has 1 aliphatic rings. The molecule has 6 heteroatoms. The van der Waals surface area contributed by atoms with Crippen molar-refractivity contribution in [2.75, 3.05) is 6.54 Å². The minimum Gasteiger partial charge on any atom is -0.338 e. The number of aromatic nitrogens is 2. The molecule has 0 spiro atoms. The second-order valence-corrected chi connectivity index (χ2v) is 6.51. The Morgan fingerprint density at radius 1 is 1.32 bits per heavy atom. The maximum Gasteiger partial charge on any atom is 0.315 e. The Balaban J connectivity index is 1.42. The number of nitrogens with one attached hydrogen (secondary N) is 2. The van der Waals surface area contributed by atoms with Crippen LogP contribution in [0.4, 0.5) is 4.79 Å². The normalized spacial score (nSPS) is 16.1. The molecule has 0 bridgehead atoms. The second-order valence-electron chi connectivity index (χ2n) is 6.51. The third-order valence-electron chi connectivity index (χ3n) is 4.56. The molecule has 1 aliphatic carbocycles. The number of hydrogen-bond donors (Lipinski definition) is 2. The zero-order chi connectivity index (χ0) is 17.6. The topological polar surface area (TPSA) is 76.0 Å². The standard InChI is InChI=1S/C19H24N4O2/c1-23-18(24)13-15-12-16(9-10-17(15)22-23)21-19(25)20-11-5-8-14-6-3-2-4-7-14/h2-4,6-7,13,16H,5,8-12H2,1H3,(H2,20,21,25). The first kappa shape index (κ1) is 17.2. The van der Waals surface area contributed by atoms with E-state index in [2.05, 4.69) is 27.9 Å². The van der Waals surface area contributed by atoms with Gasteiger partial charge in [-0.1, -0.05) is 30.3 Å². The van der Waals surface area contributed by atoms with Crippen molar-refractivity contribution in [2.45, 2.75) is 38.1 Å². The third-order valence-corrected chi connectivity index (χ3v) is 4.56. The van der Waals surface area contributed by atoms with Gasteiger partial charge in [0, 0.05) is 25.7 Å². The van der Waals surface area contributed by atoms with E-state index < -0.39 is 0 Å². The first-order chi connectivity index (χ1) is 12.1. The van der Waals surface area contributed by atoms with Crippen LogP contribution in [-0.4, -0.2) is 28.4 Å². The number of hydrogen-bond acceptors (Lipinski definition) is 3. The maximum absolute atomic E-state index is 12.1. The Kier molecular flexibility index (Phi) is 5.48. The smallest absolute Gasteiger partial charge is 0.315 e. The quantitative estimate of drug-likeness (QED) is 0.811. The van der Waals surface area contributed by atoms with E-state index in [-0.39, 0.29) is 17.6 Å². The lowest BCUT2D eigenvalue weighted by Crippen LogP contribution is -2.45. The van der Waals surface area contributed by atoms with Crippen LogP contribution in [0.5, 0.6) is 0 Å². The van der Waals surface area contributed by atoms with Crippen molar-refractivity contribution in [3.8, 4) is 0 Å². The number of carbonyl (C=O) groups is 1. The molecule has 2 N–H and O–H groups in total. The SMILES string of the molecule is Cn1nc2c(cc1=O)CC(NC(=O)NCCCc1ccccc1)CC2. The van der Waals surface area contributed by atoms with Gasteiger partial charge in [-0.25, -0.2) is 9.48 Å². The van der Waals surface area contributed by atoms with Gasteiger partial charge in [0.2, 0.25) is 0 Å². The van der Waals surface area contributed by atoms with Gasteiger partial charge in [0.1, 0.15) is 0 Å². The molecule has 3 rings (SSSR count). The van der Waals surface area contributed by atoms with E-state index in [1.165, 1.54) is 10.2 Å². The first-order valence-electron chi connectivity index (χ1n) is 8.76. The molecular weight excluding hydrogens is 316 g/mol. The molecule has 0 saturated carbocycles. The Morgan fingerprint density at radius 3 is 2.92 bits per heavy atom. The van der Waals surface area contributed by atoms with Crippen molar-refractivity contribution in [3.05, 3.63) is 63.6 Å². The molecular formula is C19H24N4O2. The highest BCUT2D eigenvalue weighted by molar-refractivity contribution is 5.74. The number of amides is 2. The minimum atomic E-state index is -0.140. The maximum atomic E-state index is 12.1. The lowest BCUT2D eigenvalue weighted by atomic mass is 9.92. The summed E-state index contributed by atoms with van der Waals surface area (Å²) in [6.45, 7) is 0.645. The molecule has 0 fully saturated rings. The lowest BCUT2D eigenvalue weighted by Gasteiger charge is -2.25. The summed E-state index contributed by atoms with van der Waals surface area (Å²) in [4.78, 5) is 23.8. The predicted octanol–water partition coefficient (Wildman–Crippen LogP) is 1.57. The van der Waals surface area contributed by atoms with Crippen LogP contribution in [0.2, 0.25) is 0 Å². The summed E-state index contributed by atoms with van der Waals surface area (Å²) in [5.74, 6) is 0. The van der Waals surface area contributed by atoms with Crippen molar-refractivity contribution >= 4 is 6.03 Å². The highest BCUT2D eigenvalue weighted by atomic mass is 16.2. The highest BCUT2D eigenvalue weighted by Gasteiger charge is 2.22. The van der Waals surface area contributed by atoms with Gasteiger partial charge in [-0.15, -0.1) is 0 Å². The molecule has 1 atom stereocenters. The number of urea groups is 1. The zero-order valence-corrected chi connectivity index (χ0v) is 14.5. The van der Waals surface area contributed by atoms with E-state index in [1.54, 1.807) is 13.1 Å². The van der Waals surface area contributed by atoms with Gasteiger partial charge in [-0.2, -0.15) is 5.10 Å². The van der Waals surface area contributed by atoms with Gasteiger partial charge in [-0.05, 0) is 43.2 Å². The summed E-state index contributed by atoms with van der Waals surface area (Å²) in [5, 5.41) is 10.2. The molecule has 6 nitrogen and oxygen atoms in total. The monoisotopic (exact) mass is 340 g/mol. The summed E-state index contributed by atoms with van der Waals surface area (Å²) >= 11 is 0. The van der Waals surface area contributed by atoms with Gasteiger partial charge in [0.05, 0.1) is 5.69 Å². The molecule has 2 amide bonds. The summed E-state index contributed by atoms with van der Waals surface area (Å²) in [5.41, 5.74) is 3.08. The molecule has 0 aliphatic heterocycles. The van der Waals surface area contributed by atoms with Crippen LogP contribution < -0.4 is 16.2 Å². The number of benzene rings is 1. The van der Waals surface area contributed by atoms with Crippen LogP contribution in [0, 0.1) is 0 Å². The van der Waals surface area contributed by atoms with Crippen molar-refractivity contribution in [1.82, 2.24) is 20.4 Å². The fourth-order valence-corrected chi connectivity index (χ4v) is 3.18. The predicted molar refractivity (Wildman–Crippen MR) is 96.6 cm³/mol. The number of rotatable bonds is 5. The second kappa shape index (κ2) is 7.96. The van der Waals surface area contributed by atoms with Crippen molar-refractivity contribution in [1.29, 1.82) is 0 Å². The molecule has 1 heterocycles. The number of fused-ring (bicyclic) bond motifs is 1. The Labute approximate surface area is 147 Å². The van der Waals surface area contributed by atoms with Crippen molar-refractivity contribution in [2.24, 2.45) is 7.05 Å². The third kappa shape index (κ3) is 4.68. The van der Waals surface area contributed by atoms with E-state index in [9.17, 15) is 9.59 Å². The Bertz CT molecular complexity index is 786. The van der Waals surface area contributed by atoms with Crippen LogP contribution in [0.1, 0.15) is 29.7 Å². The molecule has 0 radical (unpaired) electrons. The molecule has 132 valence electrons. The first-order valence-corrected chi connectivity index (χ1v) is 8.76. The molecule has 1 aromatic heterocycles. The van der Waals surface area contributed by atoms with Gasteiger partial charge in [-0.3, -0.25) is 4.79 Å². The van der Waals surface area contributed by atoms with Gasteiger partial charge in [0.15, 0.2) is 0 Å². The zero-order valence-electron chi connectivity index (χ0n) is 14.5. The lowest BCUT2D eigenvalue weighted by molar-refractivity contribution is 0.235. The van der Waals surface area contributed by atoms with E-state index in [1.807, 2.05) is 18.2 Å². The molecule has 1 unspecified atom stereocenters. The summed E-state index contributed by atoms with van der Waals surface area (Å²) < 4.78 is 1.37. The summed E-state index contributed by atoms with van der Waals surface area (Å²) in [6, 6.07) is 11.8. The average molecular weight is 340 g/mol. The van der Waals surface area contributed by atoms with Crippen LogP contribution in [0.3, 0.4) is 0 Å². The fourth-order valence-electron chi connectivity index (χ4n) is 3.18. The summed E-state index contributed by atoms with van der Waals surface area (Å²) in [6.07, 6.45) is 4.14. The van der Waals surface area contributed by atoms with E-state index in [4.69, 9.17) is 0 Å². The number of carbonyl (C=O) groups excluding carboxylic acids is 1. The Morgan fingerprint density at radius 2 is 2.12 bits per heavy atom. The molecule has 1 aromatic carbocycles.